The number of rotatable bonds is 6. The zero-order chi connectivity index (χ0) is 14.5. The molecule has 2 atom stereocenters. The van der Waals surface area contributed by atoms with E-state index in [9.17, 15) is 10.1 Å². The average molecular weight is 279 g/mol. The van der Waals surface area contributed by atoms with Crippen molar-refractivity contribution in [2.75, 3.05) is 25.2 Å². The molecular weight excluding hydrogens is 258 g/mol. The zero-order valence-corrected chi connectivity index (χ0v) is 12.0. The fourth-order valence-electron chi connectivity index (χ4n) is 2.79. The lowest BCUT2D eigenvalue weighted by atomic mass is 10.1. The van der Waals surface area contributed by atoms with Gasteiger partial charge in [-0.2, -0.15) is 0 Å². The lowest BCUT2D eigenvalue weighted by Gasteiger charge is -2.30. The summed E-state index contributed by atoms with van der Waals surface area (Å²) < 4.78 is 5.16. The van der Waals surface area contributed by atoms with Gasteiger partial charge in [0.05, 0.1) is 11.5 Å². The molecule has 0 amide bonds. The van der Waals surface area contributed by atoms with Gasteiger partial charge in [0.25, 0.3) is 5.69 Å². The highest BCUT2D eigenvalue weighted by Gasteiger charge is 2.27. The number of aromatic nitrogens is 1. The second kappa shape index (κ2) is 6.65. The minimum Gasteiger partial charge on any atom is -0.383 e. The van der Waals surface area contributed by atoms with Gasteiger partial charge in [0.2, 0.25) is 0 Å². The summed E-state index contributed by atoms with van der Waals surface area (Å²) in [6, 6.07) is 3.70. The third kappa shape index (κ3) is 3.45. The van der Waals surface area contributed by atoms with Crippen molar-refractivity contribution in [2.24, 2.45) is 5.92 Å². The molecule has 110 valence electrons. The molecule has 0 saturated heterocycles. The van der Waals surface area contributed by atoms with Crippen molar-refractivity contribution < 1.29 is 9.66 Å². The Kier molecular flexibility index (Phi) is 4.89. The van der Waals surface area contributed by atoms with E-state index in [0.29, 0.717) is 12.6 Å². The highest BCUT2D eigenvalue weighted by molar-refractivity contribution is 5.44. The first kappa shape index (κ1) is 14.7. The monoisotopic (exact) mass is 279 g/mol. The van der Waals surface area contributed by atoms with Crippen LogP contribution in [0.1, 0.15) is 26.2 Å². The summed E-state index contributed by atoms with van der Waals surface area (Å²) in [5.74, 6) is 1.52. The Bertz CT molecular complexity index is 449. The number of hydrogen-bond acceptors (Lipinski definition) is 5. The number of anilines is 1. The predicted molar refractivity (Wildman–Crippen MR) is 76.9 cm³/mol. The minimum absolute atomic E-state index is 0.0280. The van der Waals surface area contributed by atoms with Crippen molar-refractivity contribution in [3.05, 3.63) is 28.4 Å². The summed E-state index contributed by atoms with van der Waals surface area (Å²) >= 11 is 0. The summed E-state index contributed by atoms with van der Waals surface area (Å²) in [5.41, 5.74) is 0.0280. The van der Waals surface area contributed by atoms with E-state index >= 15 is 0 Å². The van der Waals surface area contributed by atoms with Gasteiger partial charge in [0, 0.05) is 25.8 Å². The van der Waals surface area contributed by atoms with Gasteiger partial charge in [-0.15, -0.1) is 0 Å². The molecule has 0 N–H and O–H groups in total. The molecule has 0 radical (unpaired) electrons. The molecular formula is C14H21N3O3. The molecule has 2 rings (SSSR count). The van der Waals surface area contributed by atoms with Crippen molar-refractivity contribution in [1.82, 2.24) is 4.98 Å². The van der Waals surface area contributed by atoms with Crippen molar-refractivity contribution in [3.8, 4) is 0 Å². The number of ether oxygens (including phenoxy) is 1. The fourth-order valence-corrected chi connectivity index (χ4v) is 2.79. The van der Waals surface area contributed by atoms with Gasteiger partial charge >= 0.3 is 0 Å². The zero-order valence-electron chi connectivity index (χ0n) is 12.0. The third-order valence-corrected chi connectivity index (χ3v) is 3.88. The van der Waals surface area contributed by atoms with Crippen molar-refractivity contribution >= 4 is 11.5 Å². The average Bonchev–Trinajstić information content (AvgIpc) is 2.86. The maximum Gasteiger partial charge on any atom is 0.287 e. The van der Waals surface area contributed by atoms with Crippen LogP contribution in [0.4, 0.5) is 11.5 Å². The Morgan fingerprint density at radius 1 is 1.50 bits per heavy atom. The van der Waals surface area contributed by atoms with E-state index in [1.807, 2.05) is 0 Å². The van der Waals surface area contributed by atoms with Crippen LogP contribution in [0, 0.1) is 16.0 Å². The normalized spacial score (nSPS) is 21.9. The molecule has 0 bridgehead atoms. The van der Waals surface area contributed by atoms with E-state index in [-0.39, 0.29) is 5.69 Å². The SMILES string of the molecule is COCCN(c1ccc([N+](=O)[O-])cn1)C1CCC(C)C1. The van der Waals surface area contributed by atoms with Crippen LogP contribution in [0.25, 0.3) is 0 Å². The summed E-state index contributed by atoms with van der Waals surface area (Å²) in [5, 5.41) is 10.7. The Morgan fingerprint density at radius 3 is 2.80 bits per heavy atom. The fraction of sp³-hybridized carbons (Fsp3) is 0.643. The predicted octanol–water partition coefficient (Wildman–Crippen LogP) is 2.63. The highest BCUT2D eigenvalue weighted by atomic mass is 16.6. The maximum absolute atomic E-state index is 10.7. The number of hydrogen-bond donors (Lipinski definition) is 0. The Labute approximate surface area is 118 Å². The molecule has 1 heterocycles. The molecule has 0 spiro atoms. The molecule has 1 saturated carbocycles. The van der Waals surface area contributed by atoms with Crippen LogP contribution < -0.4 is 4.90 Å². The third-order valence-electron chi connectivity index (χ3n) is 3.88. The van der Waals surface area contributed by atoms with E-state index in [4.69, 9.17) is 4.74 Å². The highest BCUT2D eigenvalue weighted by Crippen LogP contribution is 2.31. The van der Waals surface area contributed by atoms with E-state index in [1.165, 1.54) is 18.7 Å². The molecule has 20 heavy (non-hydrogen) atoms. The lowest BCUT2D eigenvalue weighted by molar-refractivity contribution is -0.385. The second-order valence-corrected chi connectivity index (χ2v) is 5.39. The largest absolute Gasteiger partial charge is 0.383 e. The van der Waals surface area contributed by atoms with Gasteiger partial charge in [-0.25, -0.2) is 4.98 Å². The van der Waals surface area contributed by atoms with Crippen LogP contribution >= 0.6 is 0 Å². The summed E-state index contributed by atoms with van der Waals surface area (Å²) in [6.07, 6.45) is 4.83. The molecule has 1 aliphatic carbocycles. The molecule has 0 aliphatic heterocycles. The van der Waals surface area contributed by atoms with Gasteiger partial charge in [-0.05, 0) is 31.2 Å². The van der Waals surface area contributed by atoms with Crippen LogP contribution in [-0.2, 0) is 4.74 Å². The quantitative estimate of drug-likeness (QED) is 0.591. The molecule has 1 fully saturated rings. The standard InChI is InChI=1S/C14H21N3O3/c1-11-3-4-12(9-11)16(7-8-20-2)14-6-5-13(10-15-14)17(18)19/h5-6,10-12H,3-4,7-9H2,1-2H3. The molecule has 1 aromatic rings. The summed E-state index contributed by atoms with van der Waals surface area (Å²) in [7, 11) is 1.68. The van der Waals surface area contributed by atoms with Crippen LogP contribution in [0.5, 0.6) is 0 Å². The van der Waals surface area contributed by atoms with Gasteiger partial charge < -0.3 is 9.64 Å². The first-order chi connectivity index (χ1) is 9.61. The second-order valence-electron chi connectivity index (χ2n) is 5.39. The van der Waals surface area contributed by atoms with Gasteiger partial charge in [0.1, 0.15) is 12.0 Å². The van der Waals surface area contributed by atoms with Crippen molar-refractivity contribution in [3.63, 3.8) is 0 Å². The smallest absolute Gasteiger partial charge is 0.287 e. The van der Waals surface area contributed by atoms with Crippen LogP contribution in [0.2, 0.25) is 0 Å². The van der Waals surface area contributed by atoms with Crippen molar-refractivity contribution in [2.45, 2.75) is 32.2 Å². The van der Waals surface area contributed by atoms with Crippen LogP contribution in [0.3, 0.4) is 0 Å². The molecule has 6 heteroatoms. The van der Waals surface area contributed by atoms with E-state index in [0.717, 1.165) is 31.1 Å². The Hall–Kier alpha value is -1.69. The van der Waals surface area contributed by atoms with Gasteiger partial charge in [-0.3, -0.25) is 10.1 Å². The molecule has 1 aromatic heterocycles. The molecule has 0 aromatic carbocycles. The molecule has 2 unspecified atom stereocenters. The number of nitrogens with zero attached hydrogens (tertiary/aromatic N) is 3. The van der Waals surface area contributed by atoms with E-state index in [2.05, 4.69) is 16.8 Å². The summed E-state index contributed by atoms with van der Waals surface area (Å²) in [4.78, 5) is 16.7. The Balaban J connectivity index is 2.14. The van der Waals surface area contributed by atoms with Crippen molar-refractivity contribution in [1.29, 1.82) is 0 Å². The topological polar surface area (TPSA) is 68.5 Å². The first-order valence-corrected chi connectivity index (χ1v) is 6.98. The number of methoxy groups -OCH3 is 1. The van der Waals surface area contributed by atoms with Gasteiger partial charge in [0.15, 0.2) is 0 Å². The Morgan fingerprint density at radius 2 is 2.30 bits per heavy atom. The molecule has 6 nitrogen and oxygen atoms in total. The number of pyridine rings is 1. The number of nitro groups is 1. The van der Waals surface area contributed by atoms with E-state index < -0.39 is 4.92 Å². The molecule has 1 aliphatic rings. The summed E-state index contributed by atoms with van der Waals surface area (Å²) in [6.45, 7) is 3.65. The lowest BCUT2D eigenvalue weighted by Crippen LogP contribution is -2.36. The maximum atomic E-state index is 10.7. The van der Waals surface area contributed by atoms with E-state index in [1.54, 1.807) is 13.2 Å². The first-order valence-electron chi connectivity index (χ1n) is 6.98. The van der Waals surface area contributed by atoms with Gasteiger partial charge in [-0.1, -0.05) is 6.92 Å². The minimum atomic E-state index is -0.423. The van der Waals surface area contributed by atoms with Crippen LogP contribution in [0.15, 0.2) is 18.3 Å². The van der Waals surface area contributed by atoms with Crippen LogP contribution in [-0.4, -0.2) is 36.2 Å².